The molecule has 3 aromatic rings. The molecule has 2 aromatic heterocycles. The molecule has 1 aliphatic heterocycles. The van der Waals surface area contributed by atoms with E-state index >= 15 is 4.39 Å². The second kappa shape index (κ2) is 11.5. The molecule has 0 radical (unpaired) electrons. The Kier molecular flexibility index (Phi) is 8.39. The van der Waals surface area contributed by atoms with E-state index in [2.05, 4.69) is 16.0 Å². The van der Waals surface area contributed by atoms with Crippen LogP contribution in [0.4, 0.5) is 8.78 Å². The Balaban J connectivity index is 1.38. The van der Waals surface area contributed by atoms with Gasteiger partial charge < -0.3 is 14.7 Å². The first-order valence-corrected chi connectivity index (χ1v) is 13.2. The molecule has 0 saturated carbocycles. The van der Waals surface area contributed by atoms with Gasteiger partial charge >= 0.3 is 5.97 Å². The number of halogens is 2. The van der Waals surface area contributed by atoms with Crippen molar-refractivity contribution in [2.24, 2.45) is 11.8 Å². The van der Waals surface area contributed by atoms with E-state index in [9.17, 15) is 14.3 Å². The van der Waals surface area contributed by atoms with E-state index in [1.54, 1.807) is 41.3 Å². The highest BCUT2D eigenvalue weighted by Gasteiger charge is 2.34. The van der Waals surface area contributed by atoms with Gasteiger partial charge in [-0.1, -0.05) is 6.07 Å². The smallest absolute Gasteiger partial charge is 0.308 e. The molecule has 9 heteroatoms. The van der Waals surface area contributed by atoms with Crippen molar-refractivity contribution in [2.75, 3.05) is 32.5 Å². The highest BCUT2D eigenvalue weighted by Crippen LogP contribution is 2.37. The third-order valence-electron chi connectivity index (χ3n) is 6.48. The molecule has 1 N–H and O–H groups in total. The summed E-state index contributed by atoms with van der Waals surface area (Å²) >= 11 is 3.48. The molecule has 3 heterocycles. The van der Waals surface area contributed by atoms with Crippen LogP contribution in [0.2, 0.25) is 0 Å². The highest BCUT2D eigenvalue weighted by molar-refractivity contribution is 8.01. The summed E-state index contributed by atoms with van der Waals surface area (Å²) in [5, 5.41) is 12.3. The van der Waals surface area contributed by atoms with E-state index in [0.717, 1.165) is 25.0 Å². The average molecular weight is 507 g/mol. The molecule has 34 heavy (non-hydrogen) atoms. The van der Waals surface area contributed by atoms with Gasteiger partial charge in [0.05, 0.1) is 29.0 Å². The molecule has 5 nitrogen and oxygen atoms in total. The van der Waals surface area contributed by atoms with Crippen LogP contribution in [-0.4, -0.2) is 53.5 Å². The lowest BCUT2D eigenvalue weighted by molar-refractivity contribution is -0.146. The van der Waals surface area contributed by atoms with Gasteiger partial charge in [0.25, 0.3) is 0 Å². The number of methoxy groups -OCH3 is 1. The number of hydrogen-bond donors (Lipinski definition) is 1. The van der Waals surface area contributed by atoms with Crippen LogP contribution in [0.3, 0.4) is 0 Å². The quantitative estimate of drug-likeness (QED) is 0.338. The average Bonchev–Trinajstić information content (AvgIpc) is 3.36. The van der Waals surface area contributed by atoms with Crippen molar-refractivity contribution in [2.45, 2.75) is 29.6 Å². The highest BCUT2D eigenvalue weighted by atomic mass is 32.2. The SMILES string of the molecule is COc1ccc2ncc(F)c([C@H](F)CCC3CCN(CCSc4cccs4)CC3C(=O)O)c2c1. The first-order valence-electron chi connectivity index (χ1n) is 11.3. The number of aliphatic carboxylic acids is 1. The number of hydrogen-bond acceptors (Lipinski definition) is 6. The van der Waals surface area contributed by atoms with E-state index in [0.29, 0.717) is 36.0 Å². The van der Waals surface area contributed by atoms with Gasteiger partial charge in [-0.15, -0.1) is 23.1 Å². The lowest BCUT2D eigenvalue weighted by Crippen LogP contribution is -2.44. The number of piperidine rings is 1. The number of carboxylic acids is 1. The molecule has 0 aliphatic carbocycles. The number of carboxylic acid groups (broad SMARTS) is 1. The van der Waals surface area contributed by atoms with Crippen LogP contribution < -0.4 is 4.74 Å². The fourth-order valence-corrected chi connectivity index (χ4v) is 6.50. The Hall–Kier alpha value is -2.23. The van der Waals surface area contributed by atoms with Gasteiger partial charge in [-0.3, -0.25) is 9.78 Å². The van der Waals surface area contributed by atoms with Crippen LogP contribution in [0.1, 0.15) is 31.0 Å². The molecule has 0 amide bonds. The number of likely N-dealkylation sites (tertiary alicyclic amines) is 1. The topological polar surface area (TPSA) is 62.7 Å². The maximum atomic E-state index is 15.4. The largest absolute Gasteiger partial charge is 0.497 e. The minimum Gasteiger partial charge on any atom is -0.497 e. The normalized spacial score (nSPS) is 19.9. The van der Waals surface area contributed by atoms with Crippen LogP contribution in [0.25, 0.3) is 10.9 Å². The first-order chi connectivity index (χ1) is 16.5. The Labute approximate surface area is 206 Å². The van der Waals surface area contributed by atoms with Gasteiger partial charge in [0.2, 0.25) is 0 Å². The molecule has 182 valence electrons. The summed E-state index contributed by atoms with van der Waals surface area (Å²) in [5.74, 6) is -0.817. The van der Waals surface area contributed by atoms with Gasteiger partial charge in [0, 0.05) is 29.8 Å². The number of ether oxygens (including phenoxy) is 1. The van der Waals surface area contributed by atoms with Gasteiger partial charge in [0.15, 0.2) is 0 Å². The predicted molar refractivity (Wildman–Crippen MR) is 132 cm³/mol. The summed E-state index contributed by atoms with van der Waals surface area (Å²) in [4.78, 5) is 18.2. The summed E-state index contributed by atoms with van der Waals surface area (Å²) in [6.07, 6.45) is 0.649. The zero-order valence-electron chi connectivity index (χ0n) is 19.0. The minimum absolute atomic E-state index is 0.0289. The zero-order chi connectivity index (χ0) is 24.1. The number of nitrogens with zero attached hydrogens (tertiary/aromatic N) is 2. The third kappa shape index (κ3) is 5.87. The predicted octanol–water partition coefficient (Wildman–Crippen LogP) is 6.05. The Morgan fingerprint density at radius 1 is 1.41 bits per heavy atom. The lowest BCUT2D eigenvalue weighted by Gasteiger charge is -2.36. The van der Waals surface area contributed by atoms with Crippen molar-refractivity contribution in [1.29, 1.82) is 0 Å². The molecule has 3 atom stereocenters. The summed E-state index contributed by atoms with van der Waals surface area (Å²) in [6, 6.07) is 9.08. The number of carbonyl (C=O) groups is 1. The third-order valence-corrected chi connectivity index (χ3v) is 8.59. The monoisotopic (exact) mass is 506 g/mol. The molecule has 2 unspecified atom stereocenters. The zero-order valence-corrected chi connectivity index (χ0v) is 20.6. The Morgan fingerprint density at radius 2 is 2.26 bits per heavy atom. The van der Waals surface area contributed by atoms with Crippen molar-refractivity contribution in [1.82, 2.24) is 9.88 Å². The van der Waals surface area contributed by atoms with Crippen molar-refractivity contribution >= 4 is 40.0 Å². The summed E-state index contributed by atoms with van der Waals surface area (Å²) in [5.41, 5.74) is 0.468. The summed E-state index contributed by atoms with van der Waals surface area (Å²) in [6.45, 7) is 2.08. The van der Waals surface area contributed by atoms with Crippen LogP contribution in [0.15, 0.2) is 46.1 Å². The number of aromatic nitrogens is 1. The van der Waals surface area contributed by atoms with E-state index in [4.69, 9.17) is 4.74 Å². The fraction of sp³-hybridized carbons (Fsp3) is 0.440. The second-order valence-corrected chi connectivity index (χ2v) is 10.9. The Morgan fingerprint density at radius 3 is 3.00 bits per heavy atom. The molecule has 1 aliphatic rings. The molecular weight excluding hydrogens is 478 g/mol. The van der Waals surface area contributed by atoms with Crippen LogP contribution in [-0.2, 0) is 4.79 Å². The Bertz CT molecular complexity index is 1110. The minimum atomic E-state index is -1.55. The molecule has 1 fully saturated rings. The molecule has 0 bridgehead atoms. The fourth-order valence-electron chi connectivity index (χ4n) is 4.64. The number of thioether (sulfide) groups is 1. The van der Waals surface area contributed by atoms with E-state index in [-0.39, 0.29) is 17.9 Å². The maximum Gasteiger partial charge on any atom is 0.308 e. The number of pyridine rings is 1. The van der Waals surface area contributed by atoms with E-state index in [1.165, 1.54) is 11.3 Å². The summed E-state index contributed by atoms with van der Waals surface area (Å²) in [7, 11) is 1.50. The van der Waals surface area contributed by atoms with Crippen LogP contribution in [0, 0.1) is 17.7 Å². The molecule has 1 aromatic carbocycles. The lowest BCUT2D eigenvalue weighted by atomic mass is 9.81. The number of rotatable bonds is 10. The van der Waals surface area contributed by atoms with Crippen molar-refractivity contribution in [3.63, 3.8) is 0 Å². The van der Waals surface area contributed by atoms with Crippen LogP contribution in [0.5, 0.6) is 5.75 Å². The standard InChI is InChI=1S/C25H28F2N2O3S2/c1-32-17-5-7-22-18(13-17)24(21(27)14-28-22)20(26)6-4-16-8-9-29(15-19(16)25(30)31)10-12-34-23-3-2-11-33-23/h2-3,5,7,11,13-14,16,19-20H,4,6,8-10,12,15H2,1H3,(H,30,31)/t16?,19?,20-/m1/s1. The van der Waals surface area contributed by atoms with Gasteiger partial charge in [0.1, 0.15) is 17.7 Å². The van der Waals surface area contributed by atoms with E-state index in [1.807, 2.05) is 11.4 Å². The van der Waals surface area contributed by atoms with Crippen LogP contribution >= 0.6 is 23.1 Å². The number of alkyl halides is 1. The molecule has 0 spiro atoms. The van der Waals surface area contributed by atoms with Gasteiger partial charge in [-0.2, -0.15) is 0 Å². The number of thiophene rings is 1. The molecule has 4 rings (SSSR count). The number of fused-ring (bicyclic) bond motifs is 1. The van der Waals surface area contributed by atoms with Crippen molar-refractivity contribution < 1.29 is 23.4 Å². The van der Waals surface area contributed by atoms with Crippen molar-refractivity contribution in [3.8, 4) is 5.75 Å². The second-order valence-electron chi connectivity index (χ2n) is 8.52. The molecule has 1 saturated heterocycles. The molecular formula is C25H28F2N2O3S2. The number of benzene rings is 1. The first kappa shape index (κ1) is 24.9. The maximum absolute atomic E-state index is 15.4. The van der Waals surface area contributed by atoms with Gasteiger partial charge in [-0.05, 0) is 61.4 Å². The summed E-state index contributed by atoms with van der Waals surface area (Å²) < 4.78 is 36.4. The van der Waals surface area contributed by atoms with Gasteiger partial charge in [-0.25, -0.2) is 8.78 Å². The van der Waals surface area contributed by atoms with Crippen molar-refractivity contribution in [3.05, 3.63) is 53.3 Å². The van der Waals surface area contributed by atoms with E-state index < -0.39 is 23.9 Å².